The molecule has 0 spiro atoms. The number of ether oxygens (including phenoxy) is 1. The van der Waals surface area contributed by atoms with Crippen LogP contribution in [0.3, 0.4) is 0 Å². The minimum Gasteiger partial charge on any atom is -0.460 e. The van der Waals surface area contributed by atoms with E-state index in [2.05, 4.69) is 16.6 Å². The van der Waals surface area contributed by atoms with Crippen LogP contribution in [0.4, 0.5) is 11.4 Å². The van der Waals surface area contributed by atoms with E-state index in [9.17, 15) is 4.79 Å². The van der Waals surface area contributed by atoms with E-state index in [0.29, 0.717) is 11.6 Å². The van der Waals surface area contributed by atoms with Gasteiger partial charge in [0.25, 0.3) is 0 Å². The van der Waals surface area contributed by atoms with Crippen LogP contribution in [0.5, 0.6) is 0 Å². The fraction of sp³-hybridized carbons (Fsp3) is 0.263. The Hall–Kier alpha value is -2.53. The summed E-state index contributed by atoms with van der Waals surface area (Å²) < 4.78 is 5.21. The van der Waals surface area contributed by atoms with E-state index in [1.54, 1.807) is 31.2 Å². The number of halogens is 1. The predicted octanol–water partition coefficient (Wildman–Crippen LogP) is 4.08. The molecule has 0 saturated carbocycles. The molecule has 0 amide bonds. The molecular weight excluding hydrogens is 338 g/mol. The normalized spacial score (nSPS) is 14.0. The largest absolute Gasteiger partial charge is 0.460 e. The monoisotopic (exact) mass is 357 g/mol. The van der Waals surface area contributed by atoms with E-state index >= 15 is 0 Å². The van der Waals surface area contributed by atoms with Gasteiger partial charge >= 0.3 is 5.97 Å². The highest BCUT2D eigenvalue weighted by molar-refractivity contribution is 6.41. The first-order valence-corrected chi connectivity index (χ1v) is 8.68. The molecule has 0 saturated heterocycles. The van der Waals surface area contributed by atoms with Crippen LogP contribution < -0.4 is 10.3 Å². The molecule has 0 aromatic heterocycles. The summed E-state index contributed by atoms with van der Waals surface area (Å²) in [5, 5.41) is 4.98. The number of carbonyl (C=O) groups is 1. The Morgan fingerprint density at radius 1 is 1.24 bits per heavy atom. The van der Waals surface area contributed by atoms with Crippen molar-refractivity contribution in [3.63, 3.8) is 0 Å². The van der Waals surface area contributed by atoms with Crippen LogP contribution in [0, 0.1) is 0 Å². The molecule has 130 valence electrons. The Labute approximate surface area is 152 Å². The highest BCUT2D eigenvalue weighted by atomic mass is 35.5. The van der Waals surface area contributed by atoms with Gasteiger partial charge in [-0.1, -0.05) is 29.8 Å². The average molecular weight is 358 g/mol. The van der Waals surface area contributed by atoms with Gasteiger partial charge in [-0.05, 0) is 55.7 Å². The number of carbonyl (C=O) groups excluding carboxylic acids is 1. The summed E-state index contributed by atoms with van der Waals surface area (Å²) in [5.74, 6) is -0.190. The Bertz CT molecular complexity index is 774. The van der Waals surface area contributed by atoms with Gasteiger partial charge in [-0.2, -0.15) is 0 Å². The van der Waals surface area contributed by atoms with Crippen LogP contribution in [0.2, 0.25) is 5.02 Å². The summed E-state index contributed by atoms with van der Waals surface area (Å²) in [6.07, 6.45) is 1.95. The maximum atomic E-state index is 12.5. The number of rotatable bonds is 3. The van der Waals surface area contributed by atoms with Crippen molar-refractivity contribution >= 4 is 34.8 Å². The molecule has 1 heterocycles. The maximum absolute atomic E-state index is 12.5. The first-order valence-electron chi connectivity index (χ1n) is 8.31. The van der Waals surface area contributed by atoms with Gasteiger partial charge in [0.05, 0.1) is 12.3 Å². The summed E-state index contributed by atoms with van der Waals surface area (Å²) in [6.45, 7) is 2.80. The van der Waals surface area contributed by atoms with Gasteiger partial charge in [-0.3, -0.25) is 5.43 Å². The first kappa shape index (κ1) is 17.3. The Kier molecular flexibility index (Phi) is 5.56. The van der Waals surface area contributed by atoms with Gasteiger partial charge in [-0.15, -0.1) is 5.10 Å². The van der Waals surface area contributed by atoms with Crippen LogP contribution in [0.15, 0.2) is 53.6 Å². The molecule has 25 heavy (non-hydrogen) atoms. The fourth-order valence-corrected chi connectivity index (χ4v) is 2.93. The molecule has 3 rings (SSSR count). The second kappa shape index (κ2) is 8.03. The molecule has 0 bridgehead atoms. The lowest BCUT2D eigenvalue weighted by Crippen LogP contribution is -2.41. The Morgan fingerprint density at radius 3 is 2.76 bits per heavy atom. The topological polar surface area (TPSA) is 53.9 Å². The summed E-state index contributed by atoms with van der Waals surface area (Å²) >= 11 is 5.90. The Balaban J connectivity index is 1.91. The molecule has 1 N–H and O–H groups in total. The maximum Gasteiger partial charge on any atom is 0.376 e. The number of benzene rings is 2. The van der Waals surface area contributed by atoms with Crippen molar-refractivity contribution in [1.29, 1.82) is 0 Å². The van der Waals surface area contributed by atoms with Gasteiger partial charge in [0, 0.05) is 17.3 Å². The number of fused-ring (bicyclic) bond motifs is 1. The molecular formula is C19H20ClN3O2. The smallest absolute Gasteiger partial charge is 0.376 e. The molecule has 6 heteroatoms. The molecule has 0 fully saturated rings. The molecule has 5 nitrogen and oxygen atoms in total. The Morgan fingerprint density at radius 2 is 2.00 bits per heavy atom. The zero-order valence-electron chi connectivity index (χ0n) is 14.0. The number of nitrogens with one attached hydrogen (secondary N) is 1. The number of para-hydroxylation sites is 1. The van der Waals surface area contributed by atoms with E-state index in [4.69, 9.17) is 16.3 Å². The zero-order valence-corrected chi connectivity index (χ0v) is 14.8. The quantitative estimate of drug-likeness (QED) is 0.389. The summed E-state index contributed by atoms with van der Waals surface area (Å²) in [4.78, 5) is 14.4. The molecule has 1 aliphatic rings. The number of aryl methyl sites for hydroxylation is 1. The molecule has 2 aromatic carbocycles. The number of hydrazone groups is 1. The van der Waals surface area contributed by atoms with Gasteiger partial charge in [0.1, 0.15) is 0 Å². The summed E-state index contributed by atoms with van der Waals surface area (Å²) in [5.41, 5.74) is 5.88. The van der Waals surface area contributed by atoms with Crippen molar-refractivity contribution in [2.24, 2.45) is 5.10 Å². The average Bonchev–Trinajstić information content (AvgIpc) is 2.64. The van der Waals surface area contributed by atoms with Crippen LogP contribution in [0.1, 0.15) is 18.9 Å². The fourth-order valence-electron chi connectivity index (χ4n) is 2.81. The minimum atomic E-state index is -0.444. The lowest BCUT2D eigenvalue weighted by atomic mass is 10.0. The van der Waals surface area contributed by atoms with Gasteiger partial charge in [0.15, 0.2) is 0 Å². The summed E-state index contributed by atoms with van der Waals surface area (Å²) in [6, 6.07) is 15.2. The van der Waals surface area contributed by atoms with E-state index in [-0.39, 0.29) is 5.84 Å². The highest BCUT2D eigenvalue weighted by Gasteiger charge is 2.26. The molecule has 0 aliphatic carbocycles. The number of anilines is 2. The second-order valence-electron chi connectivity index (χ2n) is 5.66. The molecule has 1 aliphatic heterocycles. The number of nitrogens with zero attached hydrogens (tertiary/aromatic N) is 2. The van der Waals surface area contributed by atoms with E-state index < -0.39 is 5.97 Å². The van der Waals surface area contributed by atoms with E-state index in [1.807, 2.05) is 23.1 Å². The van der Waals surface area contributed by atoms with Crippen molar-refractivity contribution in [3.05, 3.63) is 59.1 Å². The molecule has 0 unspecified atom stereocenters. The van der Waals surface area contributed by atoms with Gasteiger partial charge < -0.3 is 9.64 Å². The first-order chi connectivity index (χ1) is 12.2. The molecule has 0 radical (unpaired) electrons. The van der Waals surface area contributed by atoms with Gasteiger partial charge in [0.2, 0.25) is 5.84 Å². The third-order valence-electron chi connectivity index (χ3n) is 3.96. The van der Waals surface area contributed by atoms with Crippen LogP contribution in [-0.4, -0.2) is 25.0 Å². The van der Waals surface area contributed by atoms with Crippen molar-refractivity contribution in [1.82, 2.24) is 0 Å². The predicted molar refractivity (Wildman–Crippen MR) is 101 cm³/mol. The molecule has 0 atom stereocenters. The minimum absolute atomic E-state index is 0.254. The third kappa shape index (κ3) is 4.12. The van der Waals surface area contributed by atoms with E-state index in [1.165, 1.54) is 5.56 Å². The number of hydrogen-bond acceptors (Lipinski definition) is 4. The second-order valence-corrected chi connectivity index (χ2v) is 6.09. The van der Waals surface area contributed by atoms with Crippen LogP contribution in [-0.2, 0) is 16.0 Å². The molecule has 2 aromatic rings. The van der Waals surface area contributed by atoms with Crippen molar-refractivity contribution in [3.8, 4) is 0 Å². The van der Waals surface area contributed by atoms with E-state index in [0.717, 1.165) is 30.8 Å². The van der Waals surface area contributed by atoms with Crippen LogP contribution >= 0.6 is 11.6 Å². The zero-order chi connectivity index (χ0) is 17.6. The lowest BCUT2D eigenvalue weighted by molar-refractivity contribution is -0.135. The lowest BCUT2D eigenvalue weighted by Gasteiger charge is -2.30. The SMILES string of the molecule is CCOC(=O)C(=NNc1ccc(Cl)cc1)N1CCCc2ccccc21. The van der Waals surface area contributed by atoms with Gasteiger partial charge in [-0.25, -0.2) is 4.79 Å². The van der Waals surface area contributed by atoms with Crippen molar-refractivity contribution in [2.45, 2.75) is 19.8 Å². The van der Waals surface area contributed by atoms with Crippen molar-refractivity contribution in [2.75, 3.05) is 23.5 Å². The van der Waals surface area contributed by atoms with Crippen LogP contribution in [0.25, 0.3) is 0 Å². The third-order valence-corrected chi connectivity index (χ3v) is 4.21. The number of amidine groups is 1. The number of hydrogen-bond donors (Lipinski definition) is 1. The summed E-state index contributed by atoms with van der Waals surface area (Å²) in [7, 11) is 0. The number of esters is 1. The highest BCUT2D eigenvalue weighted by Crippen LogP contribution is 2.27. The standard InChI is InChI=1S/C19H20ClN3O2/c1-2-25-19(24)18(22-21-16-11-9-15(20)10-12-16)23-13-5-7-14-6-3-4-8-17(14)23/h3-4,6,8-12,21H,2,5,7,13H2,1H3. The van der Waals surface area contributed by atoms with Crippen molar-refractivity contribution < 1.29 is 9.53 Å².